The van der Waals surface area contributed by atoms with Gasteiger partial charge in [-0.25, -0.2) is 0 Å². The zero-order valence-corrected chi connectivity index (χ0v) is 49.8. The van der Waals surface area contributed by atoms with Crippen LogP contribution in [-0.4, -0.2) is 37.2 Å². The van der Waals surface area contributed by atoms with Crippen LogP contribution in [0.25, 0.3) is 0 Å². The molecule has 0 spiro atoms. The van der Waals surface area contributed by atoms with Crippen LogP contribution in [0.1, 0.15) is 329 Å². The van der Waals surface area contributed by atoms with Crippen LogP contribution in [0.3, 0.4) is 0 Å². The Balaban J connectivity index is 4.11. The lowest BCUT2D eigenvalue weighted by Gasteiger charge is -2.18. The molecule has 0 aromatic carbocycles. The smallest absolute Gasteiger partial charge is 0.306 e. The molecule has 0 aromatic rings. The number of hydrogen-bond acceptors (Lipinski definition) is 6. The molecule has 1 atom stereocenters. The van der Waals surface area contributed by atoms with E-state index in [0.29, 0.717) is 19.3 Å². The number of carbonyl (C=O) groups excluding carboxylic acids is 3. The highest BCUT2D eigenvalue weighted by atomic mass is 16.6. The van der Waals surface area contributed by atoms with E-state index < -0.39 is 6.10 Å². The van der Waals surface area contributed by atoms with E-state index in [9.17, 15) is 14.4 Å². The lowest BCUT2D eigenvalue weighted by Crippen LogP contribution is -2.30. The summed E-state index contributed by atoms with van der Waals surface area (Å²) in [5.74, 6) is -0.868. The lowest BCUT2D eigenvalue weighted by molar-refractivity contribution is -0.167. The molecule has 0 saturated carbocycles. The summed E-state index contributed by atoms with van der Waals surface area (Å²) in [7, 11) is 0. The van der Waals surface area contributed by atoms with E-state index in [1.54, 1.807) is 0 Å². The summed E-state index contributed by atoms with van der Waals surface area (Å²) in [5.41, 5.74) is 0. The van der Waals surface area contributed by atoms with Gasteiger partial charge in [-0.15, -0.1) is 0 Å². The van der Waals surface area contributed by atoms with Gasteiger partial charge in [-0.3, -0.25) is 14.4 Å². The fourth-order valence-electron chi connectivity index (χ4n) is 9.35. The maximum Gasteiger partial charge on any atom is 0.306 e. The maximum atomic E-state index is 12.9. The van der Waals surface area contributed by atoms with E-state index in [4.69, 9.17) is 14.2 Å². The molecule has 0 aliphatic rings. The van der Waals surface area contributed by atoms with E-state index in [2.05, 4.69) is 93.7 Å². The fourth-order valence-corrected chi connectivity index (χ4v) is 9.35. The molecule has 75 heavy (non-hydrogen) atoms. The van der Waals surface area contributed by atoms with Gasteiger partial charge in [0.2, 0.25) is 0 Å². The van der Waals surface area contributed by atoms with Crippen molar-refractivity contribution >= 4 is 17.9 Å². The van der Waals surface area contributed by atoms with Gasteiger partial charge >= 0.3 is 17.9 Å². The topological polar surface area (TPSA) is 78.9 Å². The van der Waals surface area contributed by atoms with E-state index in [0.717, 1.165) is 89.9 Å². The molecule has 0 radical (unpaired) electrons. The van der Waals surface area contributed by atoms with Crippen LogP contribution in [0.5, 0.6) is 0 Å². The minimum Gasteiger partial charge on any atom is -0.462 e. The molecule has 0 amide bonds. The Hall–Kier alpha value is -3.15. The second-order valence-electron chi connectivity index (χ2n) is 21.6. The largest absolute Gasteiger partial charge is 0.462 e. The molecular formula is C69H122O6. The Morgan fingerprint density at radius 1 is 0.280 bits per heavy atom. The molecule has 1 unspecified atom stereocenters. The third kappa shape index (κ3) is 61.6. The number of rotatable bonds is 59. The summed E-state index contributed by atoms with van der Waals surface area (Å²) in [6, 6.07) is 0. The van der Waals surface area contributed by atoms with Crippen LogP contribution in [0.4, 0.5) is 0 Å². The summed E-state index contributed by atoms with van der Waals surface area (Å²) in [5, 5.41) is 0. The second-order valence-corrected chi connectivity index (χ2v) is 21.6. The van der Waals surface area contributed by atoms with E-state index in [1.165, 1.54) is 199 Å². The molecule has 0 N–H and O–H groups in total. The number of carbonyl (C=O) groups is 3. The molecule has 6 heteroatoms. The first-order valence-electron chi connectivity index (χ1n) is 32.4. The number of unbranched alkanes of at least 4 members (excludes halogenated alkanes) is 36. The van der Waals surface area contributed by atoms with Crippen molar-refractivity contribution in [1.82, 2.24) is 0 Å². The van der Waals surface area contributed by atoms with Gasteiger partial charge in [0, 0.05) is 19.3 Å². The average Bonchev–Trinajstić information content (AvgIpc) is 3.41. The molecule has 0 aliphatic heterocycles. The van der Waals surface area contributed by atoms with Crippen molar-refractivity contribution in [2.75, 3.05) is 13.2 Å². The van der Waals surface area contributed by atoms with E-state index in [-0.39, 0.29) is 31.1 Å². The average molecular weight is 1050 g/mol. The first-order valence-corrected chi connectivity index (χ1v) is 32.4. The quantitative estimate of drug-likeness (QED) is 0.0261. The van der Waals surface area contributed by atoms with Crippen molar-refractivity contribution in [3.8, 4) is 0 Å². The third-order valence-electron chi connectivity index (χ3n) is 14.2. The van der Waals surface area contributed by atoms with Crippen molar-refractivity contribution in [3.63, 3.8) is 0 Å². The number of ether oxygens (including phenoxy) is 3. The molecule has 0 heterocycles. The van der Waals surface area contributed by atoms with Crippen LogP contribution in [0, 0.1) is 0 Å². The SMILES string of the molecule is CC/C=C\C/C=C\C/C=C\C/C=C\CCCCCCCCCCCCCCC(=O)OCC(COC(=O)CCCCCCCCC)OC(=O)CCCCCCCCCCCCCCC/C=C\C/C=C\CCCCCCC. The van der Waals surface area contributed by atoms with Crippen molar-refractivity contribution in [1.29, 1.82) is 0 Å². The van der Waals surface area contributed by atoms with E-state index in [1.807, 2.05) is 0 Å². The molecule has 0 saturated heterocycles. The summed E-state index contributed by atoms with van der Waals surface area (Å²) >= 11 is 0. The van der Waals surface area contributed by atoms with Gasteiger partial charge in [0.15, 0.2) is 6.10 Å². The third-order valence-corrected chi connectivity index (χ3v) is 14.2. The van der Waals surface area contributed by atoms with Gasteiger partial charge in [-0.2, -0.15) is 0 Å². The Morgan fingerprint density at radius 2 is 0.520 bits per heavy atom. The van der Waals surface area contributed by atoms with Crippen LogP contribution in [0.2, 0.25) is 0 Å². The van der Waals surface area contributed by atoms with Gasteiger partial charge in [-0.1, -0.05) is 293 Å². The molecule has 434 valence electrons. The van der Waals surface area contributed by atoms with Crippen LogP contribution >= 0.6 is 0 Å². The minimum atomic E-state index is -0.773. The highest BCUT2D eigenvalue weighted by molar-refractivity contribution is 5.71. The highest BCUT2D eigenvalue weighted by Crippen LogP contribution is 2.17. The summed E-state index contributed by atoms with van der Waals surface area (Å²) in [4.78, 5) is 38.1. The van der Waals surface area contributed by atoms with Crippen molar-refractivity contribution < 1.29 is 28.6 Å². The summed E-state index contributed by atoms with van der Waals surface area (Å²) in [6.45, 7) is 6.51. The summed E-state index contributed by atoms with van der Waals surface area (Å²) in [6.07, 6.45) is 82.2. The zero-order valence-electron chi connectivity index (χ0n) is 49.8. The van der Waals surface area contributed by atoms with Crippen molar-refractivity contribution in [2.24, 2.45) is 0 Å². The van der Waals surface area contributed by atoms with Crippen LogP contribution < -0.4 is 0 Å². The fraction of sp³-hybridized carbons (Fsp3) is 0.783. The zero-order chi connectivity index (χ0) is 54.3. The number of allylic oxidation sites excluding steroid dienone is 12. The van der Waals surface area contributed by atoms with Crippen LogP contribution in [-0.2, 0) is 28.6 Å². The van der Waals surface area contributed by atoms with Gasteiger partial charge in [0.05, 0.1) is 0 Å². The molecule has 0 rings (SSSR count). The Labute approximate surface area is 465 Å². The molecule has 0 aliphatic carbocycles. The molecule has 6 nitrogen and oxygen atoms in total. The normalized spacial score (nSPS) is 12.5. The van der Waals surface area contributed by atoms with Gasteiger partial charge in [-0.05, 0) is 89.9 Å². The van der Waals surface area contributed by atoms with Crippen molar-refractivity contribution in [2.45, 2.75) is 335 Å². The van der Waals surface area contributed by atoms with Gasteiger partial charge in [0.25, 0.3) is 0 Å². The molecule has 0 fully saturated rings. The molecular weight excluding hydrogens is 925 g/mol. The van der Waals surface area contributed by atoms with Gasteiger partial charge in [0.1, 0.15) is 13.2 Å². The van der Waals surface area contributed by atoms with Crippen molar-refractivity contribution in [3.05, 3.63) is 72.9 Å². The minimum absolute atomic E-state index is 0.0731. The number of hydrogen-bond donors (Lipinski definition) is 0. The monoisotopic (exact) mass is 1050 g/mol. The predicted molar refractivity (Wildman–Crippen MR) is 325 cm³/mol. The molecule has 0 bridgehead atoms. The maximum absolute atomic E-state index is 12.9. The Morgan fingerprint density at radius 3 is 0.813 bits per heavy atom. The summed E-state index contributed by atoms with van der Waals surface area (Å²) < 4.78 is 16.9. The molecule has 0 aromatic heterocycles. The highest BCUT2D eigenvalue weighted by Gasteiger charge is 2.19. The first-order chi connectivity index (χ1) is 37.0. The standard InChI is InChI=1S/C69H122O6/c1-4-7-10-13-16-18-20-22-24-26-28-30-32-34-36-38-40-42-44-46-48-50-53-56-59-62-68(71)74-65-66(64-73-67(70)61-58-55-52-15-12-9-6-3)75-69(72)63-60-57-54-51-49-47-45-43-41-39-37-35-33-31-29-27-25-23-21-19-17-14-11-8-5-2/h7,10,16,18,21-24,27-30,66H,4-6,8-9,11-15,17,19-20,25-26,31-65H2,1-3H3/b10-7-,18-16-,23-21-,24-22-,29-27-,30-28-. The lowest BCUT2D eigenvalue weighted by atomic mass is 10.0. The van der Waals surface area contributed by atoms with Crippen LogP contribution in [0.15, 0.2) is 72.9 Å². The van der Waals surface area contributed by atoms with E-state index >= 15 is 0 Å². The Kier molecular flexibility index (Phi) is 60.7. The predicted octanol–water partition coefficient (Wildman–Crippen LogP) is 22.1. The Bertz CT molecular complexity index is 1390. The number of esters is 3. The second kappa shape index (κ2) is 63.4. The van der Waals surface area contributed by atoms with Gasteiger partial charge < -0.3 is 14.2 Å². The first kappa shape index (κ1) is 71.8.